The first-order chi connectivity index (χ1) is 5.83. The minimum Gasteiger partial charge on any atom is -0.379 e. The number of ether oxygens (including phenoxy) is 1. The van der Waals surface area contributed by atoms with E-state index in [4.69, 9.17) is 10.5 Å². The predicted octanol–water partition coefficient (Wildman–Crippen LogP) is 1.64. The molecule has 1 aliphatic rings. The van der Waals surface area contributed by atoms with Crippen LogP contribution in [-0.4, -0.2) is 30.3 Å². The van der Waals surface area contributed by atoms with E-state index in [0.29, 0.717) is 6.04 Å². The molecule has 1 fully saturated rings. The van der Waals surface area contributed by atoms with Gasteiger partial charge in [0.2, 0.25) is 0 Å². The van der Waals surface area contributed by atoms with Crippen molar-refractivity contribution in [3.8, 4) is 0 Å². The Morgan fingerprint density at radius 3 is 2.83 bits per heavy atom. The maximum absolute atomic E-state index is 5.80. The van der Waals surface area contributed by atoms with Crippen molar-refractivity contribution in [3.05, 3.63) is 0 Å². The standard InChI is InChI=1S/C9H19NOS/c1-2-8(10)4-3-5-12-9-6-11-7-9/h8-9H,2-7,10H2,1H3. The van der Waals surface area contributed by atoms with Crippen LogP contribution in [0.1, 0.15) is 26.2 Å². The quantitative estimate of drug-likeness (QED) is 0.645. The van der Waals surface area contributed by atoms with E-state index in [1.807, 2.05) is 11.8 Å². The van der Waals surface area contributed by atoms with Crippen LogP contribution in [0.3, 0.4) is 0 Å². The first-order valence-corrected chi connectivity index (χ1v) is 5.82. The molecule has 1 rings (SSSR count). The lowest BCUT2D eigenvalue weighted by molar-refractivity contribution is 0.0455. The average Bonchev–Trinajstić information content (AvgIpc) is 2.00. The van der Waals surface area contributed by atoms with Crippen LogP contribution < -0.4 is 5.73 Å². The highest BCUT2D eigenvalue weighted by Crippen LogP contribution is 2.20. The lowest BCUT2D eigenvalue weighted by Crippen LogP contribution is -2.30. The van der Waals surface area contributed by atoms with Crippen molar-refractivity contribution in [1.82, 2.24) is 0 Å². The van der Waals surface area contributed by atoms with Gasteiger partial charge in [-0.2, -0.15) is 11.8 Å². The Bertz CT molecular complexity index is 110. The van der Waals surface area contributed by atoms with E-state index in [-0.39, 0.29) is 0 Å². The van der Waals surface area contributed by atoms with Gasteiger partial charge < -0.3 is 10.5 Å². The summed E-state index contributed by atoms with van der Waals surface area (Å²) in [5.41, 5.74) is 5.80. The normalized spacial score (nSPS) is 20.5. The second-order valence-corrected chi connectivity index (χ2v) is 4.75. The minimum absolute atomic E-state index is 0.420. The third-order valence-electron chi connectivity index (χ3n) is 2.20. The Balaban J connectivity index is 1.82. The molecule has 12 heavy (non-hydrogen) atoms. The molecule has 1 heterocycles. The lowest BCUT2D eigenvalue weighted by atomic mass is 10.1. The SMILES string of the molecule is CCC(N)CCCSC1COC1. The molecule has 1 aliphatic heterocycles. The van der Waals surface area contributed by atoms with Crippen LogP contribution in [0.2, 0.25) is 0 Å². The fourth-order valence-corrected chi connectivity index (χ4v) is 2.16. The summed E-state index contributed by atoms with van der Waals surface area (Å²) in [6, 6.07) is 0.420. The van der Waals surface area contributed by atoms with E-state index in [2.05, 4.69) is 6.92 Å². The number of nitrogens with two attached hydrogens (primary N) is 1. The highest BCUT2D eigenvalue weighted by atomic mass is 32.2. The van der Waals surface area contributed by atoms with E-state index in [9.17, 15) is 0 Å². The molecular formula is C9H19NOS. The molecule has 0 aliphatic carbocycles. The van der Waals surface area contributed by atoms with Gasteiger partial charge in [-0.15, -0.1) is 0 Å². The summed E-state index contributed by atoms with van der Waals surface area (Å²) in [4.78, 5) is 0. The molecule has 1 saturated heterocycles. The summed E-state index contributed by atoms with van der Waals surface area (Å²) >= 11 is 2.04. The molecule has 0 aromatic rings. The highest BCUT2D eigenvalue weighted by molar-refractivity contribution is 8.00. The number of hydrogen-bond acceptors (Lipinski definition) is 3. The molecule has 1 unspecified atom stereocenters. The van der Waals surface area contributed by atoms with Gasteiger partial charge in [-0.05, 0) is 25.0 Å². The predicted molar refractivity (Wildman–Crippen MR) is 54.6 cm³/mol. The average molecular weight is 189 g/mol. The minimum atomic E-state index is 0.420. The molecular weight excluding hydrogens is 170 g/mol. The molecule has 2 N–H and O–H groups in total. The third-order valence-corrected chi connectivity index (χ3v) is 3.47. The van der Waals surface area contributed by atoms with E-state index in [0.717, 1.165) is 24.9 Å². The fourth-order valence-electron chi connectivity index (χ4n) is 1.11. The molecule has 0 bridgehead atoms. The Morgan fingerprint density at radius 2 is 2.33 bits per heavy atom. The maximum atomic E-state index is 5.80. The zero-order valence-electron chi connectivity index (χ0n) is 7.79. The van der Waals surface area contributed by atoms with E-state index >= 15 is 0 Å². The zero-order valence-corrected chi connectivity index (χ0v) is 8.61. The van der Waals surface area contributed by atoms with Gasteiger partial charge in [0.25, 0.3) is 0 Å². The van der Waals surface area contributed by atoms with Crippen LogP contribution in [0.4, 0.5) is 0 Å². The molecule has 2 nitrogen and oxygen atoms in total. The van der Waals surface area contributed by atoms with Crippen molar-refractivity contribution in [2.24, 2.45) is 5.73 Å². The second-order valence-electron chi connectivity index (χ2n) is 3.34. The largest absolute Gasteiger partial charge is 0.379 e. The van der Waals surface area contributed by atoms with Crippen molar-refractivity contribution >= 4 is 11.8 Å². The molecule has 0 aromatic carbocycles. The Hall–Kier alpha value is 0.270. The second kappa shape index (κ2) is 5.84. The first kappa shape index (κ1) is 10.4. The molecule has 0 spiro atoms. The maximum Gasteiger partial charge on any atom is 0.0607 e. The Morgan fingerprint density at radius 1 is 1.58 bits per heavy atom. The number of rotatable bonds is 6. The molecule has 0 amide bonds. The van der Waals surface area contributed by atoms with Gasteiger partial charge in [0, 0.05) is 6.04 Å². The van der Waals surface area contributed by atoms with E-state index < -0.39 is 0 Å². The van der Waals surface area contributed by atoms with Gasteiger partial charge in [0.05, 0.1) is 18.5 Å². The molecule has 3 heteroatoms. The van der Waals surface area contributed by atoms with Crippen molar-refractivity contribution < 1.29 is 4.74 Å². The smallest absolute Gasteiger partial charge is 0.0607 e. The third kappa shape index (κ3) is 3.78. The van der Waals surface area contributed by atoms with Gasteiger partial charge >= 0.3 is 0 Å². The summed E-state index contributed by atoms with van der Waals surface area (Å²) in [5, 5.41) is 0.780. The van der Waals surface area contributed by atoms with Crippen LogP contribution >= 0.6 is 11.8 Å². The van der Waals surface area contributed by atoms with Crippen LogP contribution in [-0.2, 0) is 4.74 Å². The summed E-state index contributed by atoms with van der Waals surface area (Å²) in [6.45, 7) is 4.08. The van der Waals surface area contributed by atoms with Crippen LogP contribution in [0.5, 0.6) is 0 Å². The van der Waals surface area contributed by atoms with Gasteiger partial charge in [-0.3, -0.25) is 0 Å². The summed E-state index contributed by atoms with van der Waals surface area (Å²) in [7, 11) is 0. The van der Waals surface area contributed by atoms with Crippen molar-refractivity contribution in [2.45, 2.75) is 37.5 Å². The Labute approximate surface area is 79.2 Å². The Kier molecular flexibility index (Phi) is 5.04. The van der Waals surface area contributed by atoms with Gasteiger partial charge in [-0.25, -0.2) is 0 Å². The number of hydrogen-bond donors (Lipinski definition) is 1. The van der Waals surface area contributed by atoms with Crippen LogP contribution in [0.25, 0.3) is 0 Å². The zero-order chi connectivity index (χ0) is 8.81. The number of thioether (sulfide) groups is 1. The molecule has 72 valence electrons. The molecule has 1 atom stereocenters. The monoisotopic (exact) mass is 189 g/mol. The van der Waals surface area contributed by atoms with E-state index in [1.54, 1.807) is 0 Å². The summed E-state index contributed by atoms with van der Waals surface area (Å²) < 4.78 is 5.09. The summed E-state index contributed by atoms with van der Waals surface area (Å²) in [5.74, 6) is 1.25. The molecule has 0 saturated carbocycles. The first-order valence-electron chi connectivity index (χ1n) is 4.78. The van der Waals surface area contributed by atoms with Crippen molar-refractivity contribution in [1.29, 1.82) is 0 Å². The van der Waals surface area contributed by atoms with Crippen LogP contribution in [0, 0.1) is 0 Å². The molecule has 0 aromatic heterocycles. The van der Waals surface area contributed by atoms with Crippen molar-refractivity contribution in [2.75, 3.05) is 19.0 Å². The topological polar surface area (TPSA) is 35.2 Å². The van der Waals surface area contributed by atoms with Crippen molar-refractivity contribution in [3.63, 3.8) is 0 Å². The highest BCUT2D eigenvalue weighted by Gasteiger charge is 2.17. The van der Waals surface area contributed by atoms with E-state index in [1.165, 1.54) is 18.6 Å². The van der Waals surface area contributed by atoms with Crippen LogP contribution in [0.15, 0.2) is 0 Å². The van der Waals surface area contributed by atoms with Gasteiger partial charge in [0.1, 0.15) is 0 Å². The van der Waals surface area contributed by atoms with Gasteiger partial charge in [-0.1, -0.05) is 6.92 Å². The van der Waals surface area contributed by atoms with Gasteiger partial charge in [0.15, 0.2) is 0 Å². The lowest BCUT2D eigenvalue weighted by Gasteiger charge is -2.25. The fraction of sp³-hybridized carbons (Fsp3) is 1.00. The summed E-state index contributed by atoms with van der Waals surface area (Å²) in [6.07, 6.45) is 3.55. The molecule has 0 radical (unpaired) electrons.